The molecule has 12 heteroatoms. The minimum absolute atomic E-state index is 0.679. The Morgan fingerprint density at radius 3 is 2.55 bits per heavy atom. The molecular formula is C8H13N7O5. The van der Waals surface area contributed by atoms with E-state index in [0.717, 1.165) is 0 Å². The summed E-state index contributed by atoms with van der Waals surface area (Å²) < 4.78 is 6.96. The van der Waals surface area contributed by atoms with Crippen LogP contribution in [0.3, 0.4) is 0 Å². The highest BCUT2D eigenvalue weighted by atomic mass is 16.3. The summed E-state index contributed by atoms with van der Waals surface area (Å²) in [6, 6.07) is -3.50. The molecule has 0 bridgehead atoms. The molecule has 0 aliphatic rings. The molecule has 1 amide bonds. The Labute approximate surface area is 113 Å². The standard InChI is InChI=1S/C8H13N7O5/c9-14-11-1-6(19)12-4(2-16)8(20)7(13-15-10)5(18)3-17/h2,4-5,7-8,17-18,20H,1,3H2,(H,12,19)/t4-,5-,7-,8-/m1/s1/i2D. The normalized spacial score (nSPS) is 16.4. The third-order valence-electron chi connectivity index (χ3n) is 2.18. The van der Waals surface area contributed by atoms with Gasteiger partial charge in [0, 0.05) is 9.82 Å². The van der Waals surface area contributed by atoms with Gasteiger partial charge in [-0.15, -0.1) is 0 Å². The lowest BCUT2D eigenvalue weighted by molar-refractivity contribution is -0.125. The highest BCUT2D eigenvalue weighted by molar-refractivity contribution is 5.81. The van der Waals surface area contributed by atoms with Crippen LogP contribution in [-0.4, -0.2) is 64.9 Å². The molecule has 20 heavy (non-hydrogen) atoms. The first-order valence-electron chi connectivity index (χ1n) is 5.70. The highest BCUT2D eigenvalue weighted by Gasteiger charge is 2.32. The minimum Gasteiger partial charge on any atom is -0.394 e. The van der Waals surface area contributed by atoms with Crippen molar-refractivity contribution in [3.05, 3.63) is 20.9 Å². The zero-order valence-corrected chi connectivity index (χ0v) is 10.1. The first-order valence-corrected chi connectivity index (χ1v) is 5.20. The zero-order chi connectivity index (χ0) is 16.4. The maximum atomic E-state index is 11.3. The SMILES string of the molecule is [2H]C(=O)[C@@H](NC(=O)CN=[N+]=[N-])[C@@H](O)[C@H](N=[N+]=[N-])[C@H](O)CO. The third kappa shape index (κ3) is 5.52. The number of nitrogens with one attached hydrogen (secondary N) is 1. The number of hydrogen-bond donors (Lipinski definition) is 4. The predicted octanol–water partition coefficient (Wildman–Crippen LogP) is -1.63. The van der Waals surface area contributed by atoms with Gasteiger partial charge in [0.05, 0.1) is 24.9 Å². The quantitative estimate of drug-likeness (QED) is 0.170. The lowest BCUT2D eigenvalue weighted by Crippen LogP contribution is -2.53. The van der Waals surface area contributed by atoms with E-state index < -0.39 is 49.6 Å². The monoisotopic (exact) mass is 288 g/mol. The van der Waals surface area contributed by atoms with Gasteiger partial charge in [-0.3, -0.25) is 4.79 Å². The van der Waals surface area contributed by atoms with Crippen molar-refractivity contribution in [2.75, 3.05) is 13.2 Å². The zero-order valence-electron chi connectivity index (χ0n) is 11.1. The average molecular weight is 288 g/mol. The van der Waals surface area contributed by atoms with E-state index in [0.29, 0.717) is 0 Å². The van der Waals surface area contributed by atoms with Gasteiger partial charge >= 0.3 is 0 Å². The van der Waals surface area contributed by atoms with Crippen LogP contribution in [0.1, 0.15) is 1.37 Å². The summed E-state index contributed by atoms with van der Waals surface area (Å²) >= 11 is 0. The van der Waals surface area contributed by atoms with Crippen LogP contribution in [0.5, 0.6) is 0 Å². The van der Waals surface area contributed by atoms with E-state index >= 15 is 0 Å². The van der Waals surface area contributed by atoms with Crippen LogP contribution in [-0.2, 0) is 9.59 Å². The Hall–Kier alpha value is -2.36. The number of rotatable bonds is 9. The van der Waals surface area contributed by atoms with Crippen molar-refractivity contribution in [3.8, 4) is 0 Å². The van der Waals surface area contributed by atoms with Crippen LogP contribution >= 0.6 is 0 Å². The van der Waals surface area contributed by atoms with Crippen LogP contribution in [0, 0.1) is 0 Å². The first kappa shape index (κ1) is 15.7. The summed E-state index contributed by atoms with van der Waals surface area (Å²) in [6.07, 6.45) is -5.09. The molecule has 110 valence electrons. The Kier molecular flexibility index (Phi) is 7.50. The van der Waals surface area contributed by atoms with Crippen molar-refractivity contribution in [2.45, 2.75) is 24.3 Å². The van der Waals surface area contributed by atoms with Crippen LogP contribution in [0.4, 0.5) is 0 Å². The molecule has 0 rings (SSSR count). The van der Waals surface area contributed by atoms with Crippen molar-refractivity contribution >= 4 is 12.2 Å². The molecule has 12 nitrogen and oxygen atoms in total. The van der Waals surface area contributed by atoms with Crippen molar-refractivity contribution in [2.24, 2.45) is 10.2 Å². The molecule has 0 aromatic rings. The topological polar surface area (TPSA) is 204 Å². The molecule has 0 radical (unpaired) electrons. The minimum atomic E-state index is -1.96. The molecule has 0 aromatic heterocycles. The van der Waals surface area contributed by atoms with E-state index in [1.54, 1.807) is 0 Å². The van der Waals surface area contributed by atoms with Gasteiger partial charge in [0.2, 0.25) is 5.91 Å². The van der Waals surface area contributed by atoms with Crippen molar-refractivity contribution in [1.82, 2.24) is 5.32 Å². The fourth-order valence-corrected chi connectivity index (χ4v) is 1.24. The summed E-state index contributed by atoms with van der Waals surface area (Å²) in [6.45, 7) is -1.56. The van der Waals surface area contributed by atoms with E-state index in [1.807, 2.05) is 5.32 Å². The van der Waals surface area contributed by atoms with Gasteiger partial charge in [0.15, 0.2) is 0 Å². The molecule has 0 aliphatic heterocycles. The number of nitrogens with zero attached hydrogens (tertiary/aromatic N) is 6. The number of amides is 1. The fourth-order valence-electron chi connectivity index (χ4n) is 1.24. The third-order valence-corrected chi connectivity index (χ3v) is 2.18. The van der Waals surface area contributed by atoms with Crippen LogP contribution in [0.25, 0.3) is 20.9 Å². The molecule has 0 saturated heterocycles. The van der Waals surface area contributed by atoms with Gasteiger partial charge in [-0.1, -0.05) is 10.2 Å². The largest absolute Gasteiger partial charge is 0.394 e. The number of carbonyl (C=O) groups is 2. The van der Waals surface area contributed by atoms with Crippen LogP contribution in [0.2, 0.25) is 0 Å². The van der Waals surface area contributed by atoms with Gasteiger partial charge in [-0.25, -0.2) is 0 Å². The van der Waals surface area contributed by atoms with Gasteiger partial charge in [0.25, 0.3) is 0 Å². The second-order valence-corrected chi connectivity index (χ2v) is 3.49. The average Bonchev–Trinajstić information content (AvgIpc) is 2.46. The Morgan fingerprint density at radius 1 is 1.45 bits per heavy atom. The number of hydrogen-bond acceptors (Lipinski definition) is 7. The molecule has 0 spiro atoms. The van der Waals surface area contributed by atoms with Crippen LogP contribution in [0.15, 0.2) is 10.2 Å². The molecule has 0 heterocycles. The molecule has 0 fully saturated rings. The fraction of sp³-hybridized carbons (Fsp3) is 0.750. The smallest absolute Gasteiger partial charge is 0.226 e. The van der Waals surface area contributed by atoms with E-state index in [9.17, 15) is 19.8 Å². The Morgan fingerprint density at radius 2 is 2.10 bits per heavy atom. The molecular weight excluding hydrogens is 274 g/mol. The molecule has 0 aromatic carbocycles. The second kappa shape index (κ2) is 9.55. The number of carbonyl (C=O) groups excluding carboxylic acids is 2. The van der Waals surface area contributed by atoms with Crippen molar-refractivity contribution < 1.29 is 26.3 Å². The molecule has 4 atom stereocenters. The lowest BCUT2D eigenvalue weighted by Gasteiger charge is -2.26. The summed E-state index contributed by atoms with van der Waals surface area (Å²) in [5, 5.41) is 35.9. The highest BCUT2D eigenvalue weighted by Crippen LogP contribution is 2.09. The summed E-state index contributed by atoms with van der Waals surface area (Å²) in [7, 11) is 0. The number of azide groups is 2. The van der Waals surface area contributed by atoms with Gasteiger partial charge in [-0.2, -0.15) is 0 Å². The Bertz CT molecular complexity index is 476. The van der Waals surface area contributed by atoms with E-state index in [4.69, 9.17) is 17.5 Å². The van der Waals surface area contributed by atoms with Gasteiger partial charge < -0.3 is 25.4 Å². The Balaban J connectivity index is 5.15. The van der Waals surface area contributed by atoms with E-state index in [-0.39, 0.29) is 0 Å². The number of aliphatic hydroxyl groups is 3. The summed E-state index contributed by atoms with van der Waals surface area (Å²) in [4.78, 5) is 27.1. The predicted molar refractivity (Wildman–Crippen MR) is 64.0 cm³/mol. The van der Waals surface area contributed by atoms with Crippen molar-refractivity contribution in [3.63, 3.8) is 0 Å². The van der Waals surface area contributed by atoms with Gasteiger partial charge in [-0.05, 0) is 11.1 Å². The van der Waals surface area contributed by atoms with Gasteiger partial charge in [0.1, 0.15) is 20.2 Å². The maximum Gasteiger partial charge on any atom is 0.226 e. The van der Waals surface area contributed by atoms with E-state index in [1.165, 1.54) is 0 Å². The van der Waals surface area contributed by atoms with E-state index in [2.05, 4.69) is 20.1 Å². The second-order valence-electron chi connectivity index (χ2n) is 3.49. The summed E-state index contributed by atoms with van der Waals surface area (Å²) in [5.41, 5.74) is 16.4. The van der Waals surface area contributed by atoms with Crippen LogP contribution < -0.4 is 5.32 Å². The number of aldehydes is 1. The molecule has 0 aliphatic carbocycles. The molecule has 0 unspecified atom stereocenters. The maximum absolute atomic E-state index is 11.3. The molecule has 0 saturated carbocycles. The number of aliphatic hydroxyl groups excluding tert-OH is 3. The lowest BCUT2D eigenvalue weighted by atomic mass is 10.00. The first-order chi connectivity index (χ1) is 9.88. The molecule has 4 N–H and O–H groups in total. The van der Waals surface area contributed by atoms with Crippen molar-refractivity contribution in [1.29, 1.82) is 0 Å². The summed E-state index contributed by atoms with van der Waals surface area (Å²) in [5.74, 6) is -0.962.